The molecule has 0 saturated heterocycles. The molecule has 1 aliphatic carbocycles. The van der Waals surface area contributed by atoms with Gasteiger partial charge in [0.2, 0.25) is 0 Å². The second kappa shape index (κ2) is 13.1. The lowest BCUT2D eigenvalue weighted by atomic mass is 9.79. The van der Waals surface area contributed by atoms with E-state index in [4.69, 9.17) is 9.47 Å². The molecule has 5 nitrogen and oxygen atoms in total. The molecule has 0 fully saturated rings. The van der Waals surface area contributed by atoms with Crippen molar-refractivity contribution in [2.45, 2.75) is 58.9 Å². The van der Waals surface area contributed by atoms with Crippen LogP contribution in [0, 0.1) is 0 Å². The van der Waals surface area contributed by atoms with E-state index >= 15 is 0 Å². The van der Waals surface area contributed by atoms with Crippen molar-refractivity contribution in [3.8, 4) is 17.2 Å². The van der Waals surface area contributed by atoms with Gasteiger partial charge in [0, 0.05) is 24.8 Å². The minimum Gasteiger partial charge on any atom is -0.508 e. The maximum absolute atomic E-state index is 9.92. The Labute approximate surface area is 229 Å². The number of hydrogen-bond acceptors (Lipinski definition) is 5. The van der Waals surface area contributed by atoms with Crippen LogP contribution >= 0.6 is 0 Å². The molecule has 0 amide bonds. The minimum atomic E-state index is 0.198. The van der Waals surface area contributed by atoms with E-state index in [-0.39, 0.29) is 6.04 Å². The Morgan fingerprint density at radius 1 is 0.895 bits per heavy atom. The van der Waals surface area contributed by atoms with E-state index in [1.165, 1.54) is 27.9 Å². The highest BCUT2D eigenvalue weighted by molar-refractivity contribution is 5.61. The van der Waals surface area contributed by atoms with Crippen molar-refractivity contribution >= 4 is 5.69 Å². The largest absolute Gasteiger partial charge is 0.508 e. The molecule has 0 saturated carbocycles. The van der Waals surface area contributed by atoms with Gasteiger partial charge in [-0.25, -0.2) is 0 Å². The predicted octanol–water partition coefficient (Wildman–Crippen LogP) is 6.98. The number of likely N-dealkylation sites (N-methyl/N-ethyl adjacent to an activating group) is 1. The van der Waals surface area contributed by atoms with Crippen LogP contribution in [0.25, 0.3) is 0 Å². The summed E-state index contributed by atoms with van der Waals surface area (Å²) in [5, 5.41) is 9.92. The van der Waals surface area contributed by atoms with Gasteiger partial charge in [0.15, 0.2) is 0 Å². The number of aryl methyl sites for hydroxylation is 1. The number of hydrogen-bond donors (Lipinski definition) is 1. The fraction of sp³-hybridized carbons (Fsp3) is 0.455. The Balaban J connectivity index is 1.54. The first kappa shape index (κ1) is 27.8. The summed E-state index contributed by atoms with van der Waals surface area (Å²) in [6.45, 7) is 13.5. The molecule has 1 N–H and O–H groups in total. The fourth-order valence-electron chi connectivity index (χ4n) is 5.76. The number of anilines is 1. The Morgan fingerprint density at radius 3 is 2.32 bits per heavy atom. The quantitative estimate of drug-likeness (QED) is 0.281. The van der Waals surface area contributed by atoms with Gasteiger partial charge in [-0.05, 0) is 105 Å². The highest BCUT2D eigenvalue weighted by atomic mass is 16.5. The first-order valence-electron chi connectivity index (χ1n) is 14.2. The van der Waals surface area contributed by atoms with Crippen LogP contribution in [-0.4, -0.2) is 49.9 Å². The summed E-state index contributed by atoms with van der Waals surface area (Å²) < 4.78 is 11.7. The van der Waals surface area contributed by atoms with E-state index in [2.05, 4.69) is 86.0 Å². The van der Waals surface area contributed by atoms with E-state index in [0.29, 0.717) is 18.3 Å². The van der Waals surface area contributed by atoms with E-state index in [9.17, 15) is 5.11 Å². The molecular weight excluding hydrogens is 472 g/mol. The van der Waals surface area contributed by atoms with Crippen molar-refractivity contribution in [1.82, 2.24) is 4.90 Å². The van der Waals surface area contributed by atoms with Crippen LogP contribution in [0.1, 0.15) is 68.3 Å². The lowest BCUT2D eigenvalue weighted by molar-refractivity contribution is 0.223. The average Bonchev–Trinajstić information content (AvgIpc) is 2.95. The fourth-order valence-corrected chi connectivity index (χ4v) is 5.76. The highest BCUT2D eigenvalue weighted by Gasteiger charge is 2.26. The number of fused-ring (bicyclic) bond motifs is 1. The third-order valence-corrected chi connectivity index (χ3v) is 8.15. The highest BCUT2D eigenvalue weighted by Crippen LogP contribution is 2.41. The number of ether oxygens (including phenoxy) is 2. The molecule has 0 radical (unpaired) electrons. The van der Waals surface area contributed by atoms with E-state index in [1.807, 2.05) is 12.1 Å². The van der Waals surface area contributed by atoms with Crippen molar-refractivity contribution in [3.63, 3.8) is 0 Å². The molecule has 0 spiro atoms. The lowest BCUT2D eigenvalue weighted by Gasteiger charge is -2.35. The molecule has 0 aliphatic heterocycles. The first-order valence-corrected chi connectivity index (χ1v) is 14.2. The molecule has 5 heteroatoms. The van der Waals surface area contributed by atoms with Gasteiger partial charge in [-0.3, -0.25) is 0 Å². The Bertz CT molecular complexity index is 1170. The smallest absolute Gasteiger partial charge is 0.120 e. The van der Waals surface area contributed by atoms with Gasteiger partial charge in [-0.15, -0.1) is 0 Å². The molecule has 4 rings (SSSR count). The molecule has 0 heterocycles. The summed E-state index contributed by atoms with van der Waals surface area (Å²) in [5.41, 5.74) is 6.49. The Morgan fingerprint density at radius 2 is 1.63 bits per heavy atom. The molecule has 3 aromatic rings. The summed E-state index contributed by atoms with van der Waals surface area (Å²) in [5.74, 6) is 2.59. The van der Waals surface area contributed by atoms with Crippen LogP contribution in [0.4, 0.5) is 5.69 Å². The average molecular weight is 517 g/mol. The van der Waals surface area contributed by atoms with Crippen LogP contribution in [0.3, 0.4) is 0 Å². The van der Waals surface area contributed by atoms with Crippen molar-refractivity contribution in [2.75, 3.05) is 44.8 Å². The van der Waals surface area contributed by atoms with Crippen molar-refractivity contribution in [1.29, 1.82) is 0 Å². The summed E-state index contributed by atoms with van der Waals surface area (Å²) in [7, 11) is 1.74. The van der Waals surface area contributed by atoms with E-state index in [1.54, 1.807) is 7.11 Å². The first-order chi connectivity index (χ1) is 18.5. The summed E-state index contributed by atoms with van der Waals surface area (Å²) in [6.07, 6.45) is 3.04. The second-order valence-electron chi connectivity index (χ2n) is 10.2. The monoisotopic (exact) mass is 516 g/mol. The van der Waals surface area contributed by atoms with Gasteiger partial charge in [0.05, 0.1) is 13.2 Å². The predicted molar refractivity (Wildman–Crippen MR) is 157 cm³/mol. The zero-order valence-corrected chi connectivity index (χ0v) is 23.7. The molecule has 2 atom stereocenters. The van der Waals surface area contributed by atoms with E-state index in [0.717, 1.165) is 56.9 Å². The molecule has 0 bridgehead atoms. The SMILES string of the molecule is CCN(CC)CCOc1ccc(C(C)N(CC)c2cc(OC)ccc2[C@@H]2CCc3cc(O)ccc3C2)cc1. The van der Waals surface area contributed by atoms with Crippen molar-refractivity contribution in [2.24, 2.45) is 0 Å². The zero-order chi connectivity index (χ0) is 27.1. The zero-order valence-electron chi connectivity index (χ0n) is 23.7. The molecular formula is C33H44N2O3. The standard InChI is InChI=1S/C33H44N2O3/c1-6-34(7-2)19-20-38-30-15-12-25(13-16-30)24(4)35(8-3)33-23-31(37-5)17-18-32(33)28-10-9-27-22-29(36)14-11-26(27)21-28/h11-18,22-24,28,36H,6-10,19-21H2,1-5H3/t24?,28-/m1/s1. The summed E-state index contributed by atoms with van der Waals surface area (Å²) >= 11 is 0. The number of phenols is 1. The van der Waals surface area contributed by atoms with Gasteiger partial charge >= 0.3 is 0 Å². The molecule has 3 aromatic carbocycles. The van der Waals surface area contributed by atoms with Crippen LogP contribution in [-0.2, 0) is 12.8 Å². The Kier molecular flexibility index (Phi) is 9.57. The number of rotatable bonds is 12. The maximum atomic E-state index is 9.92. The van der Waals surface area contributed by atoms with Crippen LogP contribution in [0.2, 0.25) is 0 Å². The third kappa shape index (κ3) is 6.44. The van der Waals surface area contributed by atoms with Crippen LogP contribution in [0.15, 0.2) is 60.7 Å². The minimum absolute atomic E-state index is 0.198. The van der Waals surface area contributed by atoms with Crippen LogP contribution in [0.5, 0.6) is 17.2 Å². The molecule has 38 heavy (non-hydrogen) atoms. The van der Waals surface area contributed by atoms with Crippen molar-refractivity contribution in [3.05, 3.63) is 82.9 Å². The topological polar surface area (TPSA) is 45.2 Å². The van der Waals surface area contributed by atoms with Gasteiger partial charge in [0.25, 0.3) is 0 Å². The van der Waals surface area contributed by atoms with Crippen molar-refractivity contribution < 1.29 is 14.6 Å². The summed E-state index contributed by atoms with van der Waals surface area (Å²) in [4.78, 5) is 4.86. The van der Waals surface area contributed by atoms with Crippen LogP contribution < -0.4 is 14.4 Å². The maximum Gasteiger partial charge on any atom is 0.120 e. The number of aromatic hydroxyl groups is 1. The normalized spacial score (nSPS) is 15.7. The molecule has 1 aliphatic rings. The number of nitrogens with zero attached hydrogens (tertiary/aromatic N) is 2. The van der Waals surface area contributed by atoms with E-state index < -0.39 is 0 Å². The lowest BCUT2D eigenvalue weighted by Crippen LogP contribution is -2.28. The molecule has 1 unspecified atom stereocenters. The number of phenolic OH excluding ortho intramolecular Hbond substituents is 1. The van der Waals surface area contributed by atoms with Gasteiger partial charge in [0.1, 0.15) is 23.9 Å². The number of benzene rings is 3. The third-order valence-electron chi connectivity index (χ3n) is 8.15. The van der Waals surface area contributed by atoms with Gasteiger partial charge in [-0.1, -0.05) is 38.1 Å². The summed E-state index contributed by atoms with van der Waals surface area (Å²) in [6, 6.07) is 21.2. The second-order valence-corrected chi connectivity index (χ2v) is 10.2. The number of methoxy groups -OCH3 is 1. The molecule has 0 aromatic heterocycles. The van der Waals surface area contributed by atoms with Gasteiger partial charge in [-0.2, -0.15) is 0 Å². The Hall–Kier alpha value is -3.18. The molecule has 204 valence electrons. The van der Waals surface area contributed by atoms with Gasteiger partial charge < -0.3 is 24.4 Å².